The number of aliphatic hydroxyl groups excluding tert-OH is 6. The van der Waals surface area contributed by atoms with Crippen molar-refractivity contribution in [2.45, 2.75) is 235 Å². The first kappa shape index (κ1) is 70.2. The highest BCUT2D eigenvalue weighted by molar-refractivity contribution is 7.99. The second-order valence-electron chi connectivity index (χ2n) is 19.1. The fraction of sp³-hybridized carbons (Fsp3) is 0.857. The number of thioether (sulfide) groups is 1. The summed E-state index contributed by atoms with van der Waals surface area (Å²) in [7, 11) is 0. The van der Waals surface area contributed by atoms with Gasteiger partial charge in [-0.2, -0.15) is 11.8 Å². The highest BCUT2D eigenvalue weighted by atomic mass is 32.2. The predicted molar refractivity (Wildman–Crippen MR) is 282 cm³/mol. The van der Waals surface area contributed by atoms with E-state index in [4.69, 9.17) is 22.9 Å². The maximum absolute atomic E-state index is 14.1. The number of carboxylic acid groups (broad SMARTS) is 1. The molecule has 0 fully saturated rings. The van der Waals surface area contributed by atoms with Crippen molar-refractivity contribution in [3.63, 3.8) is 0 Å². The van der Waals surface area contributed by atoms with Gasteiger partial charge in [0, 0.05) is 17.9 Å². The molecule has 24 nitrogen and oxygen atoms in total. The van der Waals surface area contributed by atoms with Gasteiger partial charge in [-0.05, 0) is 90.0 Å². The second kappa shape index (κ2) is 44.4. The maximum Gasteiger partial charge on any atom is 0.326 e. The van der Waals surface area contributed by atoms with Crippen LogP contribution in [-0.4, -0.2) is 169 Å². The van der Waals surface area contributed by atoms with Gasteiger partial charge in [-0.25, -0.2) is 4.79 Å². The molecule has 0 radical (unpaired) electrons. The van der Waals surface area contributed by atoms with Crippen LogP contribution in [0.25, 0.3) is 0 Å². The van der Waals surface area contributed by atoms with Crippen LogP contribution in [0, 0.1) is 0 Å². The van der Waals surface area contributed by atoms with Crippen molar-refractivity contribution >= 4 is 53.2 Å². The van der Waals surface area contributed by atoms with Crippen LogP contribution >= 0.6 is 11.8 Å². The van der Waals surface area contributed by atoms with E-state index in [1.807, 2.05) is 0 Å². The van der Waals surface area contributed by atoms with Crippen LogP contribution in [0.1, 0.15) is 174 Å². The minimum Gasteiger partial charge on any atom is -0.480 e. The molecule has 0 heterocycles. The van der Waals surface area contributed by atoms with E-state index in [0.717, 1.165) is 37.4 Å². The summed E-state index contributed by atoms with van der Waals surface area (Å²) < 4.78 is 0. The molecule has 0 aliphatic carbocycles. The Kier molecular flexibility index (Phi) is 42.1. The summed E-state index contributed by atoms with van der Waals surface area (Å²) in [6.07, 6.45) is 10.4. The molecule has 4 unspecified atom stereocenters. The molecule has 21 N–H and O–H groups in total. The van der Waals surface area contributed by atoms with Gasteiger partial charge in [0.25, 0.3) is 0 Å². The molecule has 25 heteroatoms. The lowest BCUT2D eigenvalue weighted by molar-refractivity contribution is -0.142. The zero-order valence-corrected chi connectivity index (χ0v) is 44.7. The normalized spacial score (nSPS) is 15.5. The minimum absolute atomic E-state index is 0.0176. The maximum atomic E-state index is 14.1. The first-order chi connectivity index (χ1) is 35.3. The molecule has 0 spiro atoms. The largest absolute Gasteiger partial charge is 0.480 e. The number of carboxylic acids is 1. The number of amides is 6. The lowest BCUT2D eigenvalue weighted by Gasteiger charge is -2.27. The van der Waals surface area contributed by atoms with Crippen LogP contribution in [0.4, 0.5) is 0 Å². The molecule has 0 bridgehead atoms. The zero-order valence-electron chi connectivity index (χ0n) is 43.9. The number of hydrogen-bond donors (Lipinski definition) is 17. The fourth-order valence-electron chi connectivity index (χ4n) is 7.83. The summed E-state index contributed by atoms with van der Waals surface area (Å²) in [5.74, 6) is -6.43. The molecule has 0 aliphatic rings. The van der Waals surface area contributed by atoms with Gasteiger partial charge in [-0.15, -0.1) is 0 Å². The number of rotatable bonds is 48. The molecule has 0 saturated carbocycles. The van der Waals surface area contributed by atoms with Gasteiger partial charge < -0.3 is 90.6 Å². The van der Waals surface area contributed by atoms with E-state index in [1.165, 1.54) is 51.4 Å². The van der Waals surface area contributed by atoms with Crippen LogP contribution in [0.2, 0.25) is 0 Å². The Morgan fingerprint density at radius 3 is 1.16 bits per heavy atom. The van der Waals surface area contributed by atoms with Gasteiger partial charge in [0.15, 0.2) is 0 Å². The van der Waals surface area contributed by atoms with E-state index in [0.29, 0.717) is 25.8 Å². The minimum atomic E-state index is -1.67. The highest BCUT2D eigenvalue weighted by Gasteiger charge is 2.33. The summed E-state index contributed by atoms with van der Waals surface area (Å²) >= 11 is 1.06. The third kappa shape index (κ3) is 36.3. The summed E-state index contributed by atoms with van der Waals surface area (Å²) in [5, 5.41) is 83.6. The summed E-state index contributed by atoms with van der Waals surface area (Å²) in [5.41, 5.74) is 22.1. The third-order valence-electron chi connectivity index (χ3n) is 12.2. The van der Waals surface area contributed by atoms with Gasteiger partial charge in [0.1, 0.15) is 54.9 Å². The molecule has 0 aromatic rings. The number of nitrogens with one attached hydrogen (secondary N) is 6. The van der Waals surface area contributed by atoms with Crippen molar-refractivity contribution in [3.8, 4) is 0 Å². The second-order valence-corrected chi connectivity index (χ2v) is 20.2. The molecule has 10 atom stereocenters. The number of aliphatic carboxylic acids is 1. The molecular formula is C49H96N10O14S. The number of nitrogens with two attached hydrogens (primary N) is 4. The van der Waals surface area contributed by atoms with E-state index in [1.54, 1.807) is 0 Å². The lowest BCUT2D eigenvalue weighted by Crippen LogP contribution is -2.60. The van der Waals surface area contributed by atoms with Gasteiger partial charge >= 0.3 is 5.97 Å². The third-order valence-corrected chi connectivity index (χ3v) is 13.4. The topological polar surface area (TPSA) is 437 Å². The van der Waals surface area contributed by atoms with Crippen LogP contribution in [0.3, 0.4) is 0 Å². The van der Waals surface area contributed by atoms with Crippen molar-refractivity contribution < 1.29 is 69.3 Å². The van der Waals surface area contributed by atoms with Gasteiger partial charge in [-0.3, -0.25) is 28.8 Å². The number of carbonyl (C=O) groups excluding carboxylic acids is 6. The van der Waals surface area contributed by atoms with E-state index in [2.05, 4.69) is 38.8 Å². The first-order valence-electron chi connectivity index (χ1n) is 26.8. The van der Waals surface area contributed by atoms with Gasteiger partial charge in [0.2, 0.25) is 35.4 Å². The summed E-state index contributed by atoms with van der Waals surface area (Å²) in [6, 6.07) is -8.55. The molecule has 432 valence electrons. The molecular weight excluding hydrogens is 985 g/mol. The quantitative estimate of drug-likeness (QED) is 0.0257. The lowest BCUT2D eigenvalue weighted by atomic mass is 10.0. The van der Waals surface area contributed by atoms with E-state index >= 15 is 0 Å². The average Bonchev–Trinajstić information content (AvgIpc) is 3.34. The number of unbranched alkanes of at least 4 members (excludes halogenated alkanes) is 13. The average molecular weight is 1080 g/mol. The van der Waals surface area contributed by atoms with Crippen LogP contribution in [0.5, 0.6) is 0 Å². The summed E-state index contributed by atoms with van der Waals surface area (Å²) in [6.45, 7) is 1.01. The van der Waals surface area contributed by atoms with Crippen molar-refractivity contribution in [1.82, 2.24) is 31.9 Å². The Labute approximate surface area is 442 Å². The Bertz CT molecular complexity index is 1560. The van der Waals surface area contributed by atoms with E-state index < -0.39 is 116 Å². The highest BCUT2D eigenvalue weighted by Crippen LogP contribution is 2.15. The molecule has 6 amide bonds. The molecule has 74 heavy (non-hydrogen) atoms. The van der Waals surface area contributed by atoms with Crippen molar-refractivity contribution in [2.24, 2.45) is 22.9 Å². The van der Waals surface area contributed by atoms with Crippen molar-refractivity contribution in [3.05, 3.63) is 0 Å². The van der Waals surface area contributed by atoms with Crippen LogP contribution in [-0.2, 0) is 33.6 Å². The van der Waals surface area contributed by atoms with E-state index in [-0.39, 0.29) is 82.1 Å². The van der Waals surface area contributed by atoms with Gasteiger partial charge in [-0.1, -0.05) is 84.0 Å². The Hall–Kier alpha value is -3.76. The van der Waals surface area contributed by atoms with Crippen LogP contribution in [0.15, 0.2) is 0 Å². The molecule has 0 aliphatic heterocycles. The smallest absolute Gasteiger partial charge is 0.326 e. The molecule has 0 aromatic heterocycles. The standard InChI is InChI=1S/C49H96N10O14S/c1-2-3-4-5-6-7-8-9-10-11-12-13-14-27-43(66)54-39(32-74-31-33(62)29-60)48(71)59-38(30-61)47(70)57-35(22-18-25-41(52)64)45(68)55-34(21-17-24-40(51)63)44(67)56-36(23-19-26-42(53)65)46(69)58-37(49(72)73)20-15-16-28-50/h33-42,60-65H,2-32,50-53H2,1H3,(H,54,66)(H,55,68)(H,56,67)(H,57,70)(H,58,69)(H,59,71)(H,72,73)/t33?,34-,35-,36-,37-,38-,39-,40?,41?,42?/m0/s1. The Morgan fingerprint density at radius 2 is 0.784 bits per heavy atom. The molecule has 0 aromatic carbocycles. The Morgan fingerprint density at radius 1 is 0.419 bits per heavy atom. The van der Waals surface area contributed by atoms with Crippen LogP contribution < -0.4 is 54.8 Å². The van der Waals surface area contributed by atoms with Crippen molar-refractivity contribution in [1.29, 1.82) is 0 Å². The number of aliphatic hydroxyl groups is 6. The number of carbonyl (C=O) groups is 7. The zero-order chi connectivity index (χ0) is 55.7. The predicted octanol–water partition coefficient (Wildman–Crippen LogP) is -0.989. The number of hydrogen-bond acceptors (Lipinski definition) is 18. The molecule has 0 rings (SSSR count). The first-order valence-corrected chi connectivity index (χ1v) is 28.0. The fourth-order valence-corrected chi connectivity index (χ4v) is 8.82. The summed E-state index contributed by atoms with van der Waals surface area (Å²) in [4.78, 5) is 94.1. The monoisotopic (exact) mass is 1080 g/mol. The SMILES string of the molecule is CCCCCCCCCCCCCCCC(=O)N[C@@H](CSCC(O)CO)C(=O)N[C@@H](CO)C(=O)N[C@@H](CCCC(N)O)C(=O)N[C@@H](CCCC(N)O)C(=O)N[C@@H](CCCC(N)O)C(=O)N[C@@H](CCCCN)C(=O)O. The van der Waals surface area contributed by atoms with Crippen molar-refractivity contribution in [2.75, 3.05) is 31.3 Å². The van der Waals surface area contributed by atoms with Gasteiger partial charge in [0.05, 0.1) is 19.3 Å². The van der Waals surface area contributed by atoms with E-state index in [9.17, 15) is 69.3 Å². The Balaban J connectivity index is 6.18. The molecule has 0 saturated heterocycles.